The molecular formula is C24H23Cl2NO3. The minimum absolute atomic E-state index is 0.0788. The molecule has 6 heteroatoms. The zero-order chi connectivity index (χ0) is 21.5. The number of likely N-dealkylation sites (tertiary alicyclic amines) is 1. The van der Waals surface area contributed by atoms with Crippen LogP contribution in [-0.2, 0) is 4.79 Å². The molecule has 1 amide bonds. The minimum Gasteiger partial charge on any atom is -0.486 e. The lowest BCUT2D eigenvalue weighted by Crippen LogP contribution is -2.52. The van der Waals surface area contributed by atoms with Gasteiger partial charge in [-0.1, -0.05) is 29.3 Å². The third-order valence-corrected chi connectivity index (χ3v) is 6.62. The van der Waals surface area contributed by atoms with Crippen molar-refractivity contribution in [3.8, 4) is 5.75 Å². The van der Waals surface area contributed by atoms with Crippen LogP contribution in [0.3, 0.4) is 0 Å². The largest absolute Gasteiger partial charge is 0.486 e. The first kappa shape index (κ1) is 21.0. The SMILES string of the molecule is Cc1cc2c(cc1C)C(=O)CC1(CCN(C(=O)/C=C/c3ccc(Cl)cc3Cl)CC1)O2. The number of benzene rings is 2. The van der Waals surface area contributed by atoms with Crippen molar-refractivity contribution in [2.24, 2.45) is 0 Å². The van der Waals surface area contributed by atoms with Gasteiger partial charge >= 0.3 is 0 Å². The van der Waals surface area contributed by atoms with Crippen LogP contribution in [0.25, 0.3) is 6.08 Å². The van der Waals surface area contributed by atoms with Gasteiger partial charge in [-0.3, -0.25) is 9.59 Å². The van der Waals surface area contributed by atoms with Crippen LogP contribution in [-0.4, -0.2) is 35.3 Å². The molecule has 156 valence electrons. The zero-order valence-corrected chi connectivity index (χ0v) is 18.5. The summed E-state index contributed by atoms with van der Waals surface area (Å²) in [5.74, 6) is 0.715. The monoisotopic (exact) mass is 443 g/mol. The van der Waals surface area contributed by atoms with Gasteiger partial charge < -0.3 is 9.64 Å². The van der Waals surface area contributed by atoms with E-state index in [1.54, 1.807) is 29.2 Å². The summed E-state index contributed by atoms with van der Waals surface area (Å²) in [7, 11) is 0. The number of Topliss-reactive ketones (excluding diaryl/α,β-unsaturated/α-hetero) is 1. The smallest absolute Gasteiger partial charge is 0.246 e. The van der Waals surface area contributed by atoms with E-state index in [0.717, 1.165) is 16.7 Å². The predicted molar refractivity (Wildman–Crippen MR) is 120 cm³/mol. The van der Waals surface area contributed by atoms with Crippen molar-refractivity contribution < 1.29 is 14.3 Å². The Labute approximate surface area is 186 Å². The van der Waals surface area contributed by atoms with E-state index >= 15 is 0 Å². The number of aryl methyl sites for hydroxylation is 2. The summed E-state index contributed by atoms with van der Waals surface area (Å²) in [4.78, 5) is 27.2. The summed E-state index contributed by atoms with van der Waals surface area (Å²) >= 11 is 12.1. The van der Waals surface area contributed by atoms with Crippen LogP contribution in [0.5, 0.6) is 5.75 Å². The van der Waals surface area contributed by atoms with Crippen LogP contribution in [0, 0.1) is 13.8 Å². The molecule has 0 aromatic heterocycles. The highest BCUT2D eigenvalue weighted by Gasteiger charge is 2.43. The van der Waals surface area contributed by atoms with Gasteiger partial charge in [-0.05, 0) is 60.9 Å². The number of amides is 1. The van der Waals surface area contributed by atoms with Crippen LogP contribution in [0.15, 0.2) is 36.4 Å². The van der Waals surface area contributed by atoms with Crippen LogP contribution < -0.4 is 4.74 Å². The number of hydrogen-bond donors (Lipinski definition) is 0. The van der Waals surface area contributed by atoms with Crippen LogP contribution in [0.1, 0.15) is 46.3 Å². The fraction of sp³-hybridized carbons (Fsp3) is 0.333. The summed E-state index contributed by atoms with van der Waals surface area (Å²) in [5, 5.41) is 1.06. The first-order chi connectivity index (χ1) is 14.3. The zero-order valence-electron chi connectivity index (χ0n) is 17.0. The van der Waals surface area contributed by atoms with Gasteiger partial charge in [-0.2, -0.15) is 0 Å². The topological polar surface area (TPSA) is 46.6 Å². The molecule has 0 atom stereocenters. The van der Waals surface area contributed by atoms with Gasteiger partial charge in [-0.15, -0.1) is 0 Å². The average molecular weight is 444 g/mol. The van der Waals surface area contributed by atoms with Crippen molar-refractivity contribution >= 4 is 41.0 Å². The van der Waals surface area contributed by atoms with Gasteiger partial charge in [0.1, 0.15) is 11.4 Å². The first-order valence-electron chi connectivity index (χ1n) is 10.0. The van der Waals surface area contributed by atoms with Crippen LogP contribution >= 0.6 is 23.2 Å². The maximum absolute atomic E-state index is 12.8. The van der Waals surface area contributed by atoms with Crippen molar-refractivity contribution in [2.75, 3.05) is 13.1 Å². The molecule has 0 N–H and O–H groups in total. The Balaban J connectivity index is 1.43. The summed E-state index contributed by atoms with van der Waals surface area (Å²) in [6, 6.07) is 9.05. The van der Waals surface area contributed by atoms with E-state index in [2.05, 4.69) is 0 Å². The number of nitrogens with zero attached hydrogens (tertiary/aromatic N) is 1. The number of hydrogen-bond acceptors (Lipinski definition) is 3. The Bertz CT molecular complexity index is 1050. The second-order valence-electron chi connectivity index (χ2n) is 8.14. The third-order valence-electron chi connectivity index (χ3n) is 6.06. The molecule has 1 fully saturated rings. The third kappa shape index (κ3) is 4.12. The Morgan fingerprint density at radius 2 is 1.80 bits per heavy atom. The van der Waals surface area contributed by atoms with E-state index in [1.807, 2.05) is 26.0 Å². The van der Waals surface area contributed by atoms with Crippen molar-refractivity contribution in [1.29, 1.82) is 0 Å². The highest BCUT2D eigenvalue weighted by molar-refractivity contribution is 6.35. The van der Waals surface area contributed by atoms with Crippen LogP contribution in [0.4, 0.5) is 0 Å². The molecule has 30 heavy (non-hydrogen) atoms. The number of carbonyl (C=O) groups is 2. The van der Waals surface area contributed by atoms with Gasteiger partial charge in [0, 0.05) is 42.1 Å². The van der Waals surface area contributed by atoms with Gasteiger partial charge in [0.05, 0.1) is 12.0 Å². The summed E-state index contributed by atoms with van der Waals surface area (Å²) in [5.41, 5.74) is 3.09. The number of halogens is 2. The Morgan fingerprint density at radius 1 is 1.10 bits per heavy atom. The van der Waals surface area contributed by atoms with E-state index in [0.29, 0.717) is 53.7 Å². The maximum atomic E-state index is 12.8. The van der Waals surface area contributed by atoms with Gasteiger partial charge in [0.15, 0.2) is 5.78 Å². The molecule has 2 aliphatic heterocycles. The molecule has 2 aromatic carbocycles. The molecule has 2 heterocycles. The standard InChI is InChI=1S/C24H23Cl2NO3/c1-15-11-19-21(28)14-24(30-22(19)12-16(15)2)7-9-27(10-8-24)23(29)6-4-17-3-5-18(25)13-20(17)26/h3-6,11-13H,7-10,14H2,1-2H3/b6-4+. The van der Waals surface area contributed by atoms with Crippen molar-refractivity contribution in [3.05, 3.63) is 68.7 Å². The average Bonchev–Trinajstić information content (AvgIpc) is 2.69. The van der Waals surface area contributed by atoms with Gasteiger partial charge in [-0.25, -0.2) is 0 Å². The molecular weight excluding hydrogens is 421 g/mol. The van der Waals surface area contributed by atoms with E-state index in [-0.39, 0.29) is 11.7 Å². The maximum Gasteiger partial charge on any atom is 0.246 e. The molecule has 0 unspecified atom stereocenters. The summed E-state index contributed by atoms with van der Waals surface area (Å²) in [6.45, 7) is 5.11. The molecule has 1 spiro atoms. The quantitative estimate of drug-likeness (QED) is 0.563. The molecule has 4 nitrogen and oxygen atoms in total. The Morgan fingerprint density at radius 3 is 2.50 bits per heavy atom. The number of carbonyl (C=O) groups excluding carboxylic acids is 2. The number of fused-ring (bicyclic) bond motifs is 1. The molecule has 4 rings (SSSR count). The molecule has 2 aliphatic rings. The number of ketones is 1. The lowest BCUT2D eigenvalue weighted by Gasteiger charge is -2.44. The molecule has 1 saturated heterocycles. The van der Waals surface area contributed by atoms with Crippen LogP contribution in [0.2, 0.25) is 10.0 Å². The molecule has 2 aromatic rings. The van der Waals surface area contributed by atoms with Gasteiger partial charge in [0.25, 0.3) is 0 Å². The summed E-state index contributed by atoms with van der Waals surface area (Å²) in [6.07, 6.45) is 4.86. The van der Waals surface area contributed by atoms with E-state index in [9.17, 15) is 9.59 Å². The highest BCUT2D eigenvalue weighted by atomic mass is 35.5. The number of ether oxygens (including phenoxy) is 1. The van der Waals surface area contributed by atoms with Crippen molar-refractivity contribution in [2.45, 2.75) is 38.7 Å². The lowest BCUT2D eigenvalue weighted by molar-refractivity contribution is -0.129. The molecule has 0 aliphatic carbocycles. The Hall–Kier alpha value is -2.30. The van der Waals surface area contributed by atoms with E-state index in [4.69, 9.17) is 27.9 Å². The molecule has 0 bridgehead atoms. The number of piperidine rings is 1. The number of rotatable bonds is 2. The second kappa shape index (κ2) is 8.09. The van der Waals surface area contributed by atoms with Crippen molar-refractivity contribution in [3.63, 3.8) is 0 Å². The molecule has 0 saturated carbocycles. The fourth-order valence-electron chi connectivity index (χ4n) is 4.07. The minimum atomic E-state index is -0.522. The van der Waals surface area contributed by atoms with Gasteiger partial charge in [0.2, 0.25) is 5.91 Å². The lowest BCUT2D eigenvalue weighted by atomic mass is 9.82. The molecule has 0 radical (unpaired) electrons. The fourth-order valence-corrected chi connectivity index (χ4v) is 4.54. The van der Waals surface area contributed by atoms with E-state index in [1.165, 1.54) is 6.08 Å². The predicted octanol–water partition coefficient (Wildman–Crippen LogP) is 5.65. The second-order valence-corrected chi connectivity index (χ2v) is 8.99. The normalized spacial score (nSPS) is 17.9. The first-order valence-corrected chi connectivity index (χ1v) is 10.8. The van der Waals surface area contributed by atoms with Crippen molar-refractivity contribution in [1.82, 2.24) is 4.90 Å². The van der Waals surface area contributed by atoms with E-state index < -0.39 is 5.60 Å². The highest BCUT2D eigenvalue weighted by Crippen LogP contribution is 2.40. The Kier molecular flexibility index (Phi) is 5.65. The summed E-state index contributed by atoms with van der Waals surface area (Å²) < 4.78 is 6.34.